The van der Waals surface area contributed by atoms with Gasteiger partial charge in [-0.2, -0.15) is 0 Å². The zero-order chi connectivity index (χ0) is 13.0. The molecule has 1 fully saturated rings. The second-order valence-electron chi connectivity index (χ2n) is 4.44. The minimum atomic E-state index is 0.589. The van der Waals surface area contributed by atoms with Gasteiger partial charge < -0.3 is 15.1 Å². The number of nitrogens with one attached hydrogen (secondary N) is 1. The second-order valence-corrected chi connectivity index (χ2v) is 4.44. The van der Waals surface area contributed by atoms with Crippen molar-refractivity contribution in [2.45, 2.75) is 32.2 Å². The monoisotopic (exact) mass is 251 g/mol. The maximum atomic E-state index is 5.50. The Morgan fingerprint density at radius 2 is 2.28 bits per heavy atom. The summed E-state index contributed by atoms with van der Waals surface area (Å²) in [4.78, 5) is 10.9. The lowest BCUT2D eigenvalue weighted by Gasteiger charge is -2.25. The molecule has 0 aromatic carbocycles. The Labute approximate surface area is 108 Å². The van der Waals surface area contributed by atoms with Crippen molar-refractivity contribution in [3.05, 3.63) is 11.9 Å². The summed E-state index contributed by atoms with van der Waals surface area (Å²) >= 11 is 0. The van der Waals surface area contributed by atoms with Crippen LogP contribution in [0.3, 0.4) is 0 Å². The van der Waals surface area contributed by atoms with Gasteiger partial charge >= 0.3 is 0 Å². The van der Waals surface area contributed by atoms with Crippen molar-refractivity contribution in [3.8, 4) is 0 Å². The maximum absolute atomic E-state index is 5.50. The molecule has 100 valence electrons. The van der Waals surface area contributed by atoms with E-state index < -0.39 is 0 Å². The minimum Gasteiger partial charge on any atom is -0.383 e. The average Bonchev–Trinajstić information content (AvgIpc) is 3.23. The van der Waals surface area contributed by atoms with Gasteiger partial charge in [-0.25, -0.2) is 15.8 Å². The lowest BCUT2D eigenvalue weighted by atomic mass is 10.2. The summed E-state index contributed by atoms with van der Waals surface area (Å²) in [5.41, 5.74) is 3.72. The smallest absolute Gasteiger partial charge is 0.148 e. The van der Waals surface area contributed by atoms with E-state index in [0.29, 0.717) is 18.5 Å². The van der Waals surface area contributed by atoms with Gasteiger partial charge in [0.2, 0.25) is 0 Å². The second kappa shape index (κ2) is 5.97. The van der Waals surface area contributed by atoms with Crippen molar-refractivity contribution in [1.29, 1.82) is 0 Å². The van der Waals surface area contributed by atoms with Crippen LogP contribution in [0.15, 0.2) is 6.33 Å². The molecule has 6 nitrogen and oxygen atoms in total. The maximum Gasteiger partial charge on any atom is 0.148 e. The molecule has 2 rings (SSSR count). The molecule has 0 saturated heterocycles. The third-order valence-corrected chi connectivity index (χ3v) is 3.21. The van der Waals surface area contributed by atoms with Gasteiger partial charge in [0.15, 0.2) is 0 Å². The number of aromatic nitrogens is 2. The summed E-state index contributed by atoms with van der Waals surface area (Å²) in [5, 5.41) is 0. The summed E-state index contributed by atoms with van der Waals surface area (Å²) in [5.74, 6) is 7.20. The largest absolute Gasteiger partial charge is 0.383 e. The number of nitrogens with zero attached hydrogens (tertiary/aromatic N) is 3. The summed E-state index contributed by atoms with van der Waals surface area (Å²) in [6.45, 7) is 3.65. The summed E-state index contributed by atoms with van der Waals surface area (Å²) in [7, 11) is 1.72. The molecule has 0 spiro atoms. The fourth-order valence-electron chi connectivity index (χ4n) is 2.14. The highest BCUT2D eigenvalue weighted by Crippen LogP contribution is 2.33. The number of ether oxygens (including phenoxy) is 1. The van der Waals surface area contributed by atoms with Crippen molar-refractivity contribution in [2.75, 3.05) is 30.6 Å². The van der Waals surface area contributed by atoms with Crippen LogP contribution in [0, 0.1) is 0 Å². The lowest BCUT2D eigenvalue weighted by molar-refractivity contribution is 0.204. The van der Waals surface area contributed by atoms with E-state index in [2.05, 4.69) is 27.2 Å². The molecule has 1 aromatic heterocycles. The minimum absolute atomic E-state index is 0.589. The normalized spacial score (nSPS) is 14.6. The van der Waals surface area contributed by atoms with Gasteiger partial charge in [0.05, 0.1) is 6.61 Å². The molecule has 1 aliphatic carbocycles. The van der Waals surface area contributed by atoms with Crippen LogP contribution < -0.4 is 16.2 Å². The Kier molecular flexibility index (Phi) is 4.33. The Morgan fingerprint density at radius 1 is 1.50 bits per heavy atom. The van der Waals surface area contributed by atoms with Gasteiger partial charge in [0, 0.05) is 25.3 Å². The first-order chi connectivity index (χ1) is 8.81. The van der Waals surface area contributed by atoms with E-state index in [1.165, 1.54) is 12.8 Å². The lowest BCUT2D eigenvalue weighted by Crippen LogP contribution is -2.31. The number of methoxy groups -OCH3 is 1. The topological polar surface area (TPSA) is 76.3 Å². The van der Waals surface area contributed by atoms with Crippen LogP contribution in [0.5, 0.6) is 0 Å². The van der Waals surface area contributed by atoms with Crippen LogP contribution >= 0.6 is 0 Å². The van der Waals surface area contributed by atoms with Gasteiger partial charge in [-0.3, -0.25) is 0 Å². The van der Waals surface area contributed by atoms with Crippen molar-refractivity contribution < 1.29 is 4.74 Å². The number of hydrogen-bond acceptors (Lipinski definition) is 6. The molecule has 1 heterocycles. The van der Waals surface area contributed by atoms with Crippen LogP contribution in [0.4, 0.5) is 11.6 Å². The molecule has 3 N–H and O–H groups in total. The van der Waals surface area contributed by atoms with E-state index in [4.69, 9.17) is 10.6 Å². The predicted molar refractivity (Wildman–Crippen MR) is 71.5 cm³/mol. The van der Waals surface area contributed by atoms with Gasteiger partial charge in [0.25, 0.3) is 0 Å². The van der Waals surface area contributed by atoms with E-state index in [-0.39, 0.29) is 0 Å². The summed E-state index contributed by atoms with van der Waals surface area (Å²) in [6, 6.07) is 0.589. The molecular weight excluding hydrogens is 230 g/mol. The zero-order valence-corrected chi connectivity index (χ0v) is 11.0. The number of nitrogen functional groups attached to an aromatic ring is 1. The SMILES string of the molecule is CCc1c(NN)ncnc1N(CCOC)C1CC1. The van der Waals surface area contributed by atoms with Gasteiger partial charge in [-0.15, -0.1) is 0 Å². The highest BCUT2D eigenvalue weighted by Gasteiger charge is 2.31. The molecule has 0 unspecified atom stereocenters. The molecule has 1 aromatic rings. The molecule has 6 heteroatoms. The van der Waals surface area contributed by atoms with E-state index in [9.17, 15) is 0 Å². The molecule has 18 heavy (non-hydrogen) atoms. The molecular formula is C12H21N5O. The van der Waals surface area contributed by atoms with Crippen molar-refractivity contribution >= 4 is 11.6 Å². The van der Waals surface area contributed by atoms with Gasteiger partial charge in [-0.1, -0.05) is 6.92 Å². The Bertz CT molecular complexity index is 394. The Morgan fingerprint density at radius 3 is 2.83 bits per heavy atom. The van der Waals surface area contributed by atoms with Crippen LogP contribution in [0.25, 0.3) is 0 Å². The third kappa shape index (κ3) is 2.70. The summed E-state index contributed by atoms with van der Waals surface area (Å²) < 4.78 is 5.18. The zero-order valence-electron chi connectivity index (χ0n) is 11.0. The first-order valence-corrected chi connectivity index (χ1v) is 6.37. The predicted octanol–water partition coefficient (Wildman–Crippen LogP) is 0.940. The van der Waals surface area contributed by atoms with Crippen molar-refractivity contribution in [1.82, 2.24) is 9.97 Å². The van der Waals surface area contributed by atoms with Gasteiger partial charge in [0.1, 0.15) is 18.0 Å². The molecule has 1 saturated carbocycles. The highest BCUT2D eigenvalue weighted by molar-refractivity contribution is 5.59. The van der Waals surface area contributed by atoms with Crippen LogP contribution in [0.2, 0.25) is 0 Å². The highest BCUT2D eigenvalue weighted by atomic mass is 16.5. The van der Waals surface area contributed by atoms with E-state index in [1.54, 1.807) is 13.4 Å². The number of hydrogen-bond donors (Lipinski definition) is 2. The van der Waals surface area contributed by atoms with E-state index in [0.717, 1.165) is 24.3 Å². The van der Waals surface area contributed by atoms with Crippen LogP contribution in [-0.2, 0) is 11.2 Å². The molecule has 0 radical (unpaired) electrons. The summed E-state index contributed by atoms with van der Waals surface area (Å²) in [6.07, 6.45) is 4.86. The Hall–Kier alpha value is -1.40. The molecule has 0 atom stereocenters. The Balaban J connectivity index is 2.28. The van der Waals surface area contributed by atoms with Crippen LogP contribution in [0.1, 0.15) is 25.3 Å². The quantitative estimate of drug-likeness (QED) is 0.555. The van der Waals surface area contributed by atoms with Crippen molar-refractivity contribution in [3.63, 3.8) is 0 Å². The number of hydrazine groups is 1. The number of nitrogens with two attached hydrogens (primary N) is 1. The average molecular weight is 251 g/mol. The molecule has 0 bridgehead atoms. The third-order valence-electron chi connectivity index (χ3n) is 3.21. The fraction of sp³-hybridized carbons (Fsp3) is 0.667. The molecule has 0 amide bonds. The van der Waals surface area contributed by atoms with Crippen LogP contribution in [-0.4, -0.2) is 36.3 Å². The molecule has 0 aliphatic heterocycles. The standard InChI is InChI=1S/C12H21N5O/c1-3-10-11(16-13)14-8-15-12(10)17(6-7-18-2)9-4-5-9/h8-9H,3-7,13H2,1-2H3,(H,14,15,16). The fourth-order valence-corrected chi connectivity index (χ4v) is 2.14. The van der Waals surface area contributed by atoms with Gasteiger partial charge in [-0.05, 0) is 19.3 Å². The van der Waals surface area contributed by atoms with Crippen molar-refractivity contribution in [2.24, 2.45) is 5.84 Å². The number of rotatable bonds is 7. The first-order valence-electron chi connectivity index (χ1n) is 6.37. The molecule has 1 aliphatic rings. The van der Waals surface area contributed by atoms with E-state index >= 15 is 0 Å². The first kappa shape index (κ1) is 13.0. The van der Waals surface area contributed by atoms with E-state index in [1.807, 2.05) is 0 Å². The number of anilines is 2.